The van der Waals surface area contributed by atoms with E-state index >= 15 is 0 Å². The SMILES string of the molecule is CCCn1ncc(OC)c1C(NN)c1cc(Cl)ccc1Br. The molecule has 0 fully saturated rings. The van der Waals surface area contributed by atoms with Crippen LogP contribution in [0.1, 0.15) is 30.6 Å². The minimum Gasteiger partial charge on any atom is -0.493 e. The average molecular weight is 374 g/mol. The van der Waals surface area contributed by atoms with E-state index in [-0.39, 0.29) is 6.04 Å². The lowest BCUT2D eigenvalue weighted by Gasteiger charge is -2.20. The van der Waals surface area contributed by atoms with Gasteiger partial charge in [-0.1, -0.05) is 34.5 Å². The Morgan fingerprint density at radius 1 is 1.52 bits per heavy atom. The van der Waals surface area contributed by atoms with Gasteiger partial charge in [0.1, 0.15) is 5.69 Å². The summed E-state index contributed by atoms with van der Waals surface area (Å²) in [5.41, 5.74) is 4.64. The van der Waals surface area contributed by atoms with Crippen molar-refractivity contribution in [2.24, 2.45) is 5.84 Å². The lowest BCUT2D eigenvalue weighted by molar-refractivity contribution is 0.398. The van der Waals surface area contributed by atoms with E-state index in [4.69, 9.17) is 22.2 Å². The number of rotatable bonds is 6. The van der Waals surface area contributed by atoms with E-state index in [9.17, 15) is 0 Å². The number of hydrogen-bond acceptors (Lipinski definition) is 4. The summed E-state index contributed by atoms with van der Waals surface area (Å²) in [6.07, 6.45) is 2.67. The normalized spacial score (nSPS) is 12.4. The molecule has 3 N–H and O–H groups in total. The fraction of sp³-hybridized carbons (Fsp3) is 0.357. The van der Waals surface area contributed by atoms with Gasteiger partial charge in [-0.3, -0.25) is 10.5 Å². The maximum Gasteiger partial charge on any atom is 0.161 e. The molecule has 1 atom stereocenters. The summed E-state index contributed by atoms with van der Waals surface area (Å²) in [4.78, 5) is 0. The molecule has 2 aromatic rings. The quantitative estimate of drug-likeness (QED) is 0.602. The zero-order valence-electron chi connectivity index (χ0n) is 11.9. The Bertz CT molecular complexity index is 617. The van der Waals surface area contributed by atoms with E-state index in [0.29, 0.717) is 10.8 Å². The molecule has 0 saturated carbocycles. The third-order valence-corrected chi connectivity index (χ3v) is 4.17. The summed E-state index contributed by atoms with van der Waals surface area (Å²) >= 11 is 9.65. The highest BCUT2D eigenvalue weighted by Crippen LogP contribution is 2.34. The molecule has 2 rings (SSSR count). The first kappa shape index (κ1) is 16.3. The first-order valence-corrected chi connectivity index (χ1v) is 7.80. The zero-order chi connectivity index (χ0) is 15.4. The Hall–Kier alpha value is -1.08. The number of nitrogens with one attached hydrogen (secondary N) is 1. The van der Waals surface area contributed by atoms with Crippen molar-refractivity contribution < 1.29 is 4.74 Å². The summed E-state index contributed by atoms with van der Waals surface area (Å²) in [5.74, 6) is 6.49. The number of aromatic nitrogens is 2. The van der Waals surface area contributed by atoms with Gasteiger partial charge < -0.3 is 4.74 Å². The summed E-state index contributed by atoms with van der Waals surface area (Å²) in [6.45, 7) is 2.88. The van der Waals surface area contributed by atoms with Crippen LogP contribution in [0.2, 0.25) is 5.02 Å². The summed E-state index contributed by atoms with van der Waals surface area (Å²) in [5, 5.41) is 5.02. The Balaban J connectivity index is 2.55. The Kier molecular flexibility index (Phi) is 5.64. The highest BCUT2D eigenvalue weighted by atomic mass is 79.9. The second kappa shape index (κ2) is 7.26. The standard InChI is InChI=1S/C14H18BrClN4O/c1-3-6-20-14(12(21-2)8-18-20)13(19-17)10-7-9(16)4-5-11(10)15/h4-5,7-8,13,19H,3,6,17H2,1-2H3. The van der Waals surface area contributed by atoms with E-state index in [1.165, 1.54) is 0 Å². The van der Waals surface area contributed by atoms with Gasteiger partial charge in [0, 0.05) is 16.0 Å². The van der Waals surface area contributed by atoms with Gasteiger partial charge in [0.25, 0.3) is 0 Å². The summed E-state index contributed by atoms with van der Waals surface area (Å²) < 4.78 is 8.24. The monoisotopic (exact) mass is 372 g/mol. The molecular formula is C14H18BrClN4O. The van der Waals surface area contributed by atoms with Crippen LogP contribution in [0.15, 0.2) is 28.9 Å². The molecule has 21 heavy (non-hydrogen) atoms. The largest absolute Gasteiger partial charge is 0.493 e. The van der Waals surface area contributed by atoms with E-state index in [1.807, 2.05) is 22.9 Å². The number of hydrazine groups is 1. The van der Waals surface area contributed by atoms with Gasteiger partial charge in [-0.2, -0.15) is 5.10 Å². The van der Waals surface area contributed by atoms with Crippen LogP contribution in [-0.4, -0.2) is 16.9 Å². The maximum atomic E-state index is 6.11. The molecule has 1 heterocycles. The van der Waals surface area contributed by atoms with Gasteiger partial charge >= 0.3 is 0 Å². The minimum absolute atomic E-state index is 0.276. The molecule has 1 unspecified atom stereocenters. The molecule has 0 radical (unpaired) electrons. The van der Waals surface area contributed by atoms with Gasteiger partial charge in [-0.05, 0) is 30.2 Å². The molecule has 0 amide bonds. The molecule has 5 nitrogen and oxygen atoms in total. The van der Waals surface area contributed by atoms with E-state index < -0.39 is 0 Å². The topological polar surface area (TPSA) is 65.1 Å². The first-order chi connectivity index (χ1) is 10.1. The molecule has 0 aliphatic carbocycles. The second-order valence-electron chi connectivity index (χ2n) is 4.59. The number of aryl methyl sites for hydroxylation is 1. The molecule has 0 saturated heterocycles. The van der Waals surface area contributed by atoms with Crippen molar-refractivity contribution in [3.8, 4) is 5.75 Å². The van der Waals surface area contributed by atoms with Crippen molar-refractivity contribution in [2.45, 2.75) is 25.9 Å². The number of benzene rings is 1. The van der Waals surface area contributed by atoms with Gasteiger partial charge in [0.2, 0.25) is 0 Å². The Morgan fingerprint density at radius 3 is 2.90 bits per heavy atom. The van der Waals surface area contributed by atoms with Crippen LogP contribution in [0.4, 0.5) is 0 Å². The second-order valence-corrected chi connectivity index (χ2v) is 5.88. The van der Waals surface area contributed by atoms with Crippen LogP contribution in [0.3, 0.4) is 0 Å². The van der Waals surface area contributed by atoms with Gasteiger partial charge in [-0.25, -0.2) is 5.43 Å². The molecule has 0 aliphatic rings. The van der Waals surface area contributed by atoms with Gasteiger partial charge in [0.15, 0.2) is 5.75 Å². The third-order valence-electron chi connectivity index (χ3n) is 3.21. The van der Waals surface area contributed by atoms with Crippen LogP contribution in [0, 0.1) is 0 Å². The van der Waals surface area contributed by atoms with Crippen LogP contribution in [0.25, 0.3) is 0 Å². The Labute approximate surface area is 137 Å². The summed E-state index contributed by atoms with van der Waals surface area (Å²) in [7, 11) is 1.62. The number of nitrogens with two attached hydrogens (primary N) is 1. The lowest BCUT2D eigenvalue weighted by Crippen LogP contribution is -2.31. The number of ether oxygens (including phenoxy) is 1. The van der Waals surface area contributed by atoms with Crippen molar-refractivity contribution in [1.82, 2.24) is 15.2 Å². The van der Waals surface area contributed by atoms with Crippen molar-refractivity contribution in [3.63, 3.8) is 0 Å². The highest BCUT2D eigenvalue weighted by molar-refractivity contribution is 9.10. The van der Waals surface area contributed by atoms with Gasteiger partial charge in [-0.15, -0.1) is 0 Å². The zero-order valence-corrected chi connectivity index (χ0v) is 14.3. The number of methoxy groups -OCH3 is 1. The van der Waals surface area contributed by atoms with Crippen LogP contribution >= 0.6 is 27.5 Å². The van der Waals surface area contributed by atoms with E-state index in [2.05, 4.69) is 33.4 Å². The van der Waals surface area contributed by atoms with E-state index in [0.717, 1.165) is 28.7 Å². The first-order valence-electron chi connectivity index (χ1n) is 6.63. The predicted molar refractivity (Wildman–Crippen MR) is 87.4 cm³/mol. The average Bonchev–Trinajstić information content (AvgIpc) is 2.87. The molecule has 1 aromatic heterocycles. The minimum atomic E-state index is -0.276. The predicted octanol–water partition coefficient (Wildman–Crippen LogP) is 3.27. The van der Waals surface area contributed by atoms with E-state index in [1.54, 1.807) is 13.3 Å². The smallest absolute Gasteiger partial charge is 0.161 e. The van der Waals surface area contributed by atoms with Crippen molar-refractivity contribution in [3.05, 3.63) is 45.1 Å². The highest BCUT2D eigenvalue weighted by Gasteiger charge is 2.24. The fourth-order valence-electron chi connectivity index (χ4n) is 2.27. The summed E-state index contributed by atoms with van der Waals surface area (Å²) in [6, 6.07) is 5.32. The third kappa shape index (κ3) is 3.40. The lowest BCUT2D eigenvalue weighted by atomic mass is 10.0. The van der Waals surface area contributed by atoms with Crippen molar-refractivity contribution in [2.75, 3.05) is 7.11 Å². The molecule has 114 valence electrons. The van der Waals surface area contributed by atoms with Crippen molar-refractivity contribution >= 4 is 27.5 Å². The molecule has 0 spiro atoms. The molecule has 1 aromatic carbocycles. The van der Waals surface area contributed by atoms with Crippen LogP contribution < -0.4 is 16.0 Å². The van der Waals surface area contributed by atoms with Crippen LogP contribution in [-0.2, 0) is 6.54 Å². The maximum absolute atomic E-state index is 6.11. The van der Waals surface area contributed by atoms with Crippen LogP contribution in [0.5, 0.6) is 5.75 Å². The molecule has 7 heteroatoms. The number of nitrogens with zero attached hydrogens (tertiary/aromatic N) is 2. The van der Waals surface area contributed by atoms with Gasteiger partial charge in [0.05, 0.1) is 19.3 Å². The molecule has 0 bridgehead atoms. The molecular weight excluding hydrogens is 356 g/mol. The van der Waals surface area contributed by atoms with Crippen molar-refractivity contribution in [1.29, 1.82) is 0 Å². The number of halogens is 2. The molecule has 0 aliphatic heterocycles. The fourth-order valence-corrected chi connectivity index (χ4v) is 2.92. The Morgan fingerprint density at radius 2 is 2.29 bits per heavy atom. The number of hydrogen-bond donors (Lipinski definition) is 2.